The molecule has 0 aliphatic carbocycles. The maximum atomic E-state index is 13.1. The molecule has 0 N–H and O–H groups in total. The van der Waals surface area contributed by atoms with E-state index in [4.69, 9.17) is 0 Å². The number of imide groups is 1. The van der Waals surface area contributed by atoms with Crippen molar-refractivity contribution in [2.45, 2.75) is 45.6 Å². The number of urea groups is 1. The van der Waals surface area contributed by atoms with Gasteiger partial charge in [0.25, 0.3) is 5.91 Å². The third kappa shape index (κ3) is 3.50. The van der Waals surface area contributed by atoms with E-state index in [1.165, 1.54) is 10.5 Å². The molecular weight excluding hydrogens is 326 g/mol. The zero-order valence-electron chi connectivity index (χ0n) is 16.3. The normalized spacial score (nSPS) is 20.6. The first-order valence-electron chi connectivity index (χ1n) is 9.88. The molecule has 2 aliphatic heterocycles. The minimum atomic E-state index is -0.630. The predicted molar refractivity (Wildman–Crippen MR) is 103 cm³/mol. The highest BCUT2D eigenvalue weighted by molar-refractivity contribution is 6.07. The van der Waals surface area contributed by atoms with Crippen LogP contribution in [-0.4, -0.2) is 64.9 Å². The Balaban J connectivity index is 1.76. The summed E-state index contributed by atoms with van der Waals surface area (Å²) in [5.41, 5.74) is 0.574. The van der Waals surface area contributed by atoms with E-state index >= 15 is 0 Å². The van der Waals surface area contributed by atoms with E-state index in [1.807, 2.05) is 30.0 Å². The second kappa shape index (κ2) is 7.78. The molecule has 2 aliphatic rings. The van der Waals surface area contributed by atoms with E-state index in [1.54, 1.807) is 0 Å². The van der Waals surface area contributed by atoms with Gasteiger partial charge in [-0.15, -0.1) is 0 Å². The van der Waals surface area contributed by atoms with Crippen LogP contribution in [0.25, 0.3) is 0 Å². The minimum Gasteiger partial charge on any atom is -0.309 e. The van der Waals surface area contributed by atoms with Gasteiger partial charge in [-0.1, -0.05) is 44.2 Å². The van der Waals surface area contributed by atoms with E-state index in [0.717, 1.165) is 38.9 Å². The van der Waals surface area contributed by atoms with Crippen LogP contribution >= 0.6 is 0 Å². The molecule has 1 aromatic carbocycles. The fraction of sp³-hybridized carbons (Fsp3) is 0.619. The number of piperidine rings is 1. The van der Waals surface area contributed by atoms with E-state index < -0.39 is 5.54 Å². The fourth-order valence-electron chi connectivity index (χ4n) is 4.36. The molecule has 3 amide bonds. The Hall–Kier alpha value is -1.88. The molecule has 0 saturated carbocycles. The van der Waals surface area contributed by atoms with Gasteiger partial charge in [0.2, 0.25) is 0 Å². The summed E-state index contributed by atoms with van der Waals surface area (Å²) >= 11 is 0. The second-order valence-corrected chi connectivity index (χ2v) is 7.95. The Kier molecular flexibility index (Phi) is 5.66. The van der Waals surface area contributed by atoms with E-state index in [9.17, 15) is 9.59 Å². The summed E-state index contributed by atoms with van der Waals surface area (Å²) in [4.78, 5) is 31.8. The number of nitrogens with zero attached hydrogens (tertiary/aromatic N) is 3. The molecule has 2 heterocycles. The minimum absolute atomic E-state index is 0.0160. The maximum Gasteiger partial charge on any atom is 0.327 e. The second-order valence-electron chi connectivity index (χ2n) is 7.95. The lowest BCUT2D eigenvalue weighted by Crippen LogP contribution is -2.57. The molecule has 3 rings (SSSR count). The molecule has 0 aromatic heterocycles. The number of carbonyl (C=O) groups is 2. The summed E-state index contributed by atoms with van der Waals surface area (Å²) in [5.74, 6) is 0.633. The molecule has 0 bridgehead atoms. The van der Waals surface area contributed by atoms with Gasteiger partial charge in [0.1, 0.15) is 5.54 Å². The number of hydrogen-bond acceptors (Lipinski definition) is 3. The largest absolute Gasteiger partial charge is 0.327 e. The molecule has 0 atom stereocenters. The Morgan fingerprint density at radius 3 is 2.31 bits per heavy atom. The molecule has 5 heteroatoms. The van der Waals surface area contributed by atoms with Crippen molar-refractivity contribution in [1.29, 1.82) is 0 Å². The van der Waals surface area contributed by atoms with Crippen molar-refractivity contribution in [3.05, 3.63) is 35.9 Å². The van der Waals surface area contributed by atoms with Gasteiger partial charge in [0, 0.05) is 32.7 Å². The van der Waals surface area contributed by atoms with Gasteiger partial charge < -0.3 is 9.80 Å². The van der Waals surface area contributed by atoms with Gasteiger partial charge in [-0.05, 0) is 37.7 Å². The molecule has 5 nitrogen and oxygen atoms in total. The number of rotatable bonds is 6. The highest BCUT2D eigenvalue weighted by atomic mass is 16.2. The van der Waals surface area contributed by atoms with Gasteiger partial charge in [0.15, 0.2) is 0 Å². The molecule has 1 aromatic rings. The average molecular weight is 357 g/mol. The van der Waals surface area contributed by atoms with Crippen LogP contribution < -0.4 is 0 Å². The number of benzene rings is 1. The van der Waals surface area contributed by atoms with Crippen LogP contribution in [0.4, 0.5) is 4.79 Å². The summed E-state index contributed by atoms with van der Waals surface area (Å²) in [6.45, 7) is 10.2. The van der Waals surface area contributed by atoms with Gasteiger partial charge in [-0.3, -0.25) is 9.69 Å². The smallest absolute Gasteiger partial charge is 0.309 e. The van der Waals surface area contributed by atoms with Crippen molar-refractivity contribution < 1.29 is 9.59 Å². The summed E-state index contributed by atoms with van der Waals surface area (Å²) in [7, 11) is 0. The van der Waals surface area contributed by atoms with Gasteiger partial charge >= 0.3 is 6.03 Å². The number of carbonyl (C=O) groups excluding carboxylic acids is 2. The lowest BCUT2D eigenvalue weighted by Gasteiger charge is -2.42. The maximum absolute atomic E-state index is 13.1. The van der Waals surface area contributed by atoms with E-state index in [2.05, 4.69) is 30.9 Å². The molecule has 1 spiro atoms. The zero-order chi connectivity index (χ0) is 18.7. The average Bonchev–Trinajstić information content (AvgIpc) is 2.82. The van der Waals surface area contributed by atoms with E-state index in [0.29, 0.717) is 19.0 Å². The molecular formula is C21H31N3O2. The SMILES string of the molecule is CCN1C(=O)N(CCc2ccccc2)C2(CCN(CC(C)C)CC2)C1=O. The highest BCUT2D eigenvalue weighted by Gasteiger charge is 2.57. The van der Waals surface area contributed by atoms with Crippen molar-refractivity contribution in [3.8, 4) is 0 Å². The lowest BCUT2D eigenvalue weighted by atomic mass is 9.85. The fourth-order valence-corrected chi connectivity index (χ4v) is 4.36. The number of likely N-dealkylation sites (N-methyl/N-ethyl adjacent to an activating group) is 1. The summed E-state index contributed by atoms with van der Waals surface area (Å²) in [5, 5.41) is 0. The van der Waals surface area contributed by atoms with Crippen molar-refractivity contribution in [1.82, 2.24) is 14.7 Å². The predicted octanol–water partition coefficient (Wildman–Crippen LogP) is 3.00. The van der Waals surface area contributed by atoms with Crippen molar-refractivity contribution in [2.75, 3.05) is 32.7 Å². The van der Waals surface area contributed by atoms with Crippen molar-refractivity contribution in [2.24, 2.45) is 5.92 Å². The monoisotopic (exact) mass is 357 g/mol. The van der Waals surface area contributed by atoms with Gasteiger partial charge in [-0.25, -0.2) is 4.79 Å². The topological polar surface area (TPSA) is 43.9 Å². The summed E-state index contributed by atoms with van der Waals surface area (Å²) in [6, 6.07) is 10.1. The van der Waals surface area contributed by atoms with Crippen LogP contribution in [0, 0.1) is 5.92 Å². The first kappa shape index (κ1) is 18.9. The Morgan fingerprint density at radius 1 is 1.08 bits per heavy atom. The molecule has 2 saturated heterocycles. The van der Waals surface area contributed by atoms with Crippen molar-refractivity contribution >= 4 is 11.9 Å². The summed E-state index contributed by atoms with van der Waals surface area (Å²) in [6.07, 6.45) is 2.28. The molecule has 0 radical (unpaired) electrons. The number of likely N-dealkylation sites (tertiary alicyclic amines) is 1. The highest BCUT2D eigenvalue weighted by Crippen LogP contribution is 2.37. The molecule has 142 valence electrons. The quantitative estimate of drug-likeness (QED) is 0.735. The summed E-state index contributed by atoms with van der Waals surface area (Å²) < 4.78 is 0. The Morgan fingerprint density at radius 2 is 1.73 bits per heavy atom. The first-order chi connectivity index (χ1) is 12.5. The zero-order valence-corrected chi connectivity index (χ0v) is 16.3. The number of hydrogen-bond donors (Lipinski definition) is 0. The van der Waals surface area contributed by atoms with Crippen LogP contribution in [0.15, 0.2) is 30.3 Å². The van der Waals surface area contributed by atoms with E-state index in [-0.39, 0.29) is 11.9 Å². The Bertz CT molecular complexity index is 636. The third-order valence-corrected chi connectivity index (χ3v) is 5.71. The third-order valence-electron chi connectivity index (χ3n) is 5.71. The van der Waals surface area contributed by atoms with Crippen LogP contribution in [0.2, 0.25) is 0 Å². The van der Waals surface area contributed by atoms with Crippen LogP contribution in [0.3, 0.4) is 0 Å². The van der Waals surface area contributed by atoms with Crippen molar-refractivity contribution in [3.63, 3.8) is 0 Å². The molecule has 0 unspecified atom stereocenters. The van der Waals surface area contributed by atoms with Gasteiger partial charge in [0.05, 0.1) is 0 Å². The van der Waals surface area contributed by atoms with Crippen LogP contribution in [0.5, 0.6) is 0 Å². The van der Waals surface area contributed by atoms with Crippen LogP contribution in [0.1, 0.15) is 39.2 Å². The van der Waals surface area contributed by atoms with Gasteiger partial charge in [-0.2, -0.15) is 0 Å². The Labute approximate surface area is 156 Å². The van der Waals surface area contributed by atoms with Crippen LogP contribution in [-0.2, 0) is 11.2 Å². The standard InChI is InChI=1S/C21H31N3O2/c1-4-23-19(25)21(11-14-22(15-12-21)16-17(2)3)24(20(23)26)13-10-18-8-6-5-7-9-18/h5-9,17H,4,10-16H2,1-3H3. The lowest BCUT2D eigenvalue weighted by molar-refractivity contribution is -0.135. The molecule has 26 heavy (non-hydrogen) atoms. The molecule has 2 fully saturated rings. The first-order valence-corrected chi connectivity index (χ1v) is 9.88. The number of amides is 3.